The highest BCUT2D eigenvalue weighted by Crippen LogP contribution is 2.31. The monoisotopic (exact) mass is 432 g/mol. The summed E-state index contributed by atoms with van der Waals surface area (Å²) in [6, 6.07) is 10.5. The van der Waals surface area contributed by atoms with Crippen molar-refractivity contribution in [3.63, 3.8) is 0 Å². The standard InChI is InChI=1S/C20H21FN4O4S/c21-17-9-13(5-6-16(17)18-11-24-20(22)12-23-18)15-3-1-2-4-19(15)30(28,29)25-10-14(27)7-8-26/h1-6,9,11-12,14,25-27H,7-8,10H2,(H2,22,24)/t14-/m0/s1. The highest BCUT2D eigenvalue weighted by Gasteiger charge is 2.21. The molecule has 0 spiro atoms. The Labute approximate surface area is 173 Å². The summed E-state index contributed by atoms with van der Waals surface area (Å²) in [5, 5.41) is 18.5. The molecule has 10 heteroatoms. The van der Waals surface area contributed by atoms with E-state index >= 15 is 0 Å². The van der Waals surface area contributed by atoms with Crippen LogP contribution in [-0.4, -0.2) is 47.9 Å². The minimum absolute atomic E-state index is 0.0465. The van der Waals surface area contributed by atoms with Gasteiger partial charge in [0.15, 0.2) is 0 Å². The van der Waals surface area contributed by atoms with Gasteiger partial charge in [0, 0.05) is 24.3 Å². The molecular weight excluding hydrogens is 411 g/mol. The molecule has 5 N–H and O–H groups in total. The van der Waals surface area contributed by atoms with Gasteiger partial charge >= 0.3 is 0 Å². The quantitative estimate of drug-likeness (QED) is 0.424. The maximum absolute atomic E-state index is 14.8. The summed E-state index contributed by atoms with van der Waals surface area (Å²) in [6.45, 7) is -0.510. The Balaban J connectivity index is 1.93. The van der Waals surface area contributed by atoms with Gasteiger partial charge in [-0.15, -0.1) is 0 Å². The predicted octanol–water partition coefficient (Wildman–Crippen LogP) is 1.55. The van der Waals surface area contributed by atoms with Crippen molar-refractivity contribution < 1.29 is 23.0 Å². The Kier molecular flexibility index (Phi) is 6.73. The van der Waals surface area contributed by atoms with Crippen molar-refractivity contribution in [1.82, 2.24) is 14.7 Å². The summed E-state index contributed by atoms with van der Waals surface area (Å²) >= 11 is 0. The lowest BCUT2D eigenvalue weighted by Gasteiger charge is -2.14. The molecule has 0 aliphatic rings. The lowest BCUT2D eigenvalue weighted by atomic mass is 10.0. The van der Waals surface area contributed by atoms with Crippen molar-refractivity contribution >= 4 is 15.8 Å². The van der Waals surface area contributed by atoms with Gasteiger partial charge in [0.05, 0.1) is 29.1 Å². The van der Waals surface area contributed by atoms with Crippen molar-refractivity contribution in [1.29, 1.82) is 0 Å². The van der Waals surface area contributed by atoms with Crippen LogP contribution < -0.4 is 10.5 Å². The van der Waals surface area contributed by atoms with Crippen molar-refractivity contribution in [2.45, 2.75) is 17.4 Å². The van der Waals surface area contributed by atoms with Gasteiger partial charge in [-0.3, -0.25) is 4.98 Å². The third-order valence-corrected chi connectivity index (χ3v) is 5.86. The molecule has 0 aliphatic heterocycles. The maximum atomic E-state index is 14.8. The minimum Gasteiger partial charge on any atom is -0.396 e. The molecule has 0 radical (unpaired) electrons. The first-order valence-electron chi connectivity index (χ1n) is 9.07. The molecule has 30 heavy (non-hydrogen) atoms. The van der Waals surface area contributed by atoms with Gasteiger partial charge < -0.3 is 15.9 Å². The van der Waals surface area contributed by atoms with E-state index in [-0.39, 0.29) is 35.8 Å². The van der Waals surface area contributed by atoms with Crippen LogP contribution in [0.3, 0.4) is 0 Å². The van der Waals surface area contributed by atoms with Gasteiger partial charge in [0.1, 0.15) is 11.6 Å². The van der Waals surface area contributed by atoms with Crippen LogP contribution in [0.2, 0.25) is 0 Å². The highest BCUT2D eigenvalue weighted by molar-refractivity contribution is 7.89. The molecule has 0 amide bonds. The number of sulfonamides is 1. The number of nitrogen functional groups attached to an aromatic ring is 1. The fourth-order valence-electron chi connectivity index (χ4n) is 2.84. The molecule has 2 aromatic carbocycles. The summed E-state index contributed by atoms with van der Waals surface area (Å²) in [7, 11) is -3.98. The number of anilines is 1. The largest absolute Gasteiger partial charge is 0.396 e. The molecule has 1 aromatic heterocycles. The Hall–Kier alpha value is -2.92. The van der Waals surface area contributed by atoms with Crippen LogP contribution in [0.5, 0.6) is 0 Å². The van der Waals surface area contributed by atoms with Crippen molar-refractivity contribution in [2.75, 3.05) is 18.9 Å². The summed E-state index contributed by atoms with van der Waals surface area (Å²) in [4.78, 5) is 7.89. The fourth-order valence-corrected chi connectivity index (χ4v) is 4.14. The molecule has 0 aliphatic carbocycles. The van der Waals surface area contributed by atoms with E-state index < -0.39 is 21.9 Å². The number of benzene rings is 2. The van der Waals surface area contributed by atoms with Gasteiger partial charge in [-0.25, -0.2) is 22.5 Å². The SMILES string of the molecule is Nc1cnc(-c2ccc(-c3ccccc3S(=O)(=O)NC[C@@H](O)CCO)cc2F)cn1. The molecule has 8 nitrogen and oxygen atoms in total. The Morgan fingerprint density at radius 3 is 2.53 bits per heavy atom. The van der Waals surface area contributed by atoms with Crippen LogP contribution in [0.4, 0.5) is 10.2 Å². The number of nitrogens with two attached hydrogens (primary N) is 1. The van der Waals surface area contributed by atoms with Crippen LogP contribution in [-0.2, 0) is 10.0 Å². The van der Waals surface area contributed by atoms with Crippen LogP contribution in [0, 0.1) is 5.82 Å². The van der Waals surface area contributed by atoms with Crippen molar-refractivity contribution in [2.24, 2.45) is 0 Å². The molecule has 158 valence electrons. The van der Waals surface area contributed by atoms with Gasteiger partial charge in [0.2, 0.25) is 10.0 Å². The smallest absolute Gasteiger partial charge is 0.241 e. The molecular formula is C20H21FN4O4S. The second kappa shape index (κ2) is 9.26. The fraction of sp³-hybridized carbons (Fsp3) is 0.200. The topological polar surface area (TPSA) is 138 Å². The van der Waals surface area contributed by atoms with E-state index in [1.165, 1.54) is 30.6 Å². The van der Waals surface area contributed by atoms with Crippen LogP contribution >= 0.6 is 0 Å². The second-order valence-electron chi connectivity index (χ2n) is 6.54. The van der Waals surface area contributed by atoms with E-state index in [0.717, 1.165) is 0 Å². The molecule has 1 atom stereocenters. The molecule has 3 aromatic rings. The first kappa shape index (κ1) is 21.8. The predicted molar refractivity (Wildman–Crippen MR) is 110 cm³/mol. The maximum Gasteiger partial charge on any atom is 0.241 e. The number of halogens is 1. The number of hydrogen-bond acceptors (Lipinski definition) is 7. The molecule has 0 saturated heterocycles. The number of aliphatic hydroxyl groups is 2. The molecule has 0 unspecified atom stereocenters. The summed E-state index contributed by atoms with van der Waals surface area (Å²) in [5.74, 6) is -0.378. The lowest BCUT2D eigenvalue weighted by molar-refractivity contribution is 0.136. The number of nitrogens with one attached hydrogen (secondary N) is 1. The molecule has 1 heterocycles. The van der Waals surface area contributed by atoms with Crippen molar-refractivity contribution in [3.05, 3.63) is 60.7 Å². The first-order chi connectivity index (χ1) is 14.3. The summed E-state index contributed by atoms with van der Waals surface area (Å²) < 4.78 is 42.5. The van der Waals surface area contributed by atoms with Crippen LogP contribution in [0.25, 0.3) is 22.4 Å². The zero-order chi connectivity index (χ0) is 21.7. The summed E-state index contributed by atoms with van der Waals surface area (Å²) in [5.41, 5.74) is 6.67. The zero-order valence-electron chi connectivity index (χ0n) is 15.9. The van der Waals surface area contributed by atoms with E-state index in [1.54, 1.807) is 24.3 Å². The third-order valence-electron chi connectivity index (χ3n) is 4.38. The van der Waals surface area contributed by atoms with Gasteiger partial charge in [-0.2, -0.15) is 0 Å². The van der Waals surface area contributed by atoms with Gasteiger partial charge in [0.25, 0.3) is 0 Å². The van der Waals surface area contributed by atoms with Crippen LogP contribution in [0.15, 0.2) is 59.8 Å². The number of aromatic nitrogens is 2. The number of nitrogens with zero attached hydrogens (tertiary/aromatic N) is 2. The number of hydrogen-bond donors (Lipinski definition) is 4. The average molecular weight is 432 g/mol. The zero-order valence-corrected chi connectivity index (χ0v) is 16.7. The second-order valence-corrected chi connectivity index (χ2v) is 8.27. The molecule has 0 fully saturated rings. The third kappa shape index (κ3) is 4.97. The molecule has 0 bridgehead atoms. The van der Waals surface area contributed by atoms with Crippen LogP contribution in [0.1, 0.15) is 6.42 Å². The van der Waals surface area contributed by atoms with E-state index in [1.807, 2.05) is 0 Å². The van der Waals surface area contributed by atoms with E-state index in [4.69, 9.17) is 10.8 Å². The number of rotatable bonds is 8. The summed E-state index contributed by atoms with van der Waals surface area (Å²) in [6.07, 6.45) is 1.70. The minimum atomic E-state index is -3.98. The van der Waals surface area contributed by atoms with E-state index in [2.05, 4.69) is 14.7 Å². The van der Waals surface area contributed by atoms with Crippen molar-refractivity contribution in [3.8, 4) is 22.4 Å². The van der Waals surface area contributed by atoms with E-state index in [9.17, 15) is 17.9 Å². The molecule has 3 rings (SSSR count). The average Bonchev–Trinajstić information content (AvgIpc) is 2.73. The highest BCUT2D eigenvalue weighted by atomic mass is 32.2. The van der Waals surface area contributed by atoms with E-state index in [0.29, 0.717) is 16.8 Å². The normalized spacial score (nSPS) is 12.6. The first-order valence-corrected chi connectivity index (χ1v) is 10.6. The molecule has 0 saturated carbocycles. The number of aliphatic hydroxyl groups excluding tert-OH is 2. The Bertz CT molecular complexity index is 1120. The van der Waals surface area contributed by atoms with Gasteiger partial charge in [-0.1, -0.05) is 24.3 Å². The lowest BCUT2D eigenvalue weighted by Crippen LogP contribution is -2.32. The Morgan fingerprint density at radius 2 is 1.87 bits per heavy atom. The van der Waals surface area contributed by atoms with Gasteiger partial charge in [-0.05, 0) is 30.2 Å². The Morgan fingerprint density at radius 1 is 1.10 bits per heavy atom.